The van der Waals surface area contributed by atoms with Crippen molar-refractivity contribution in [1.82, 2.24) is 0 Å². The maximum Gasteiger partial charge on any atom is 0.508 e. The van der Waals surface area contributed by atoms with Crippen molar-refractivity contribution < 1.29 is 42.8 Å². The highest BCUT2D eigenvalue weighted by Crippen LogP contribution is 2.03. The van der Waals surface area contributed by atoms with Gasteiger partial charge in [-0.25, -0.2) is 14.4 Å². The fourth-order valence-electron chi connectivity index (χ4n) is 1.59. The predicted octanol–water partition coefficient (Wildman–Crippen LogP) is 4.21. The van der Waals surface area contributed by atoms with E-state index in [4.69, 9.17) is 28.4 Å². The van der Waals surface area contributed by atoms with Crippen molar-refractivity contribution in [3.05, 3.63) is 0 Å². The summed E-state index contributed by atoms with van der Waals surface area (Å²) in [7, 11) is 0. The zero-order chi connectivity index (χ0) is 20.3. The molecule has 0 bridgehead atoms. The second-order valence-electron chi connectivity index (χ2n) is 5.72. The van der Waals surface area contributed by atoms with E-state index in [1.165, 1.54) is 0 Å². The van der Waals surface area contributed by atoms with E-state index < -0.39 is 24.6 Å². The van der Waals surface area contributed by atoms with Crippen LogP contribution in [0.5, 0.6) is 0 Å². The van der Waals surface area contributed by atoms with Crippen LogP contribution >= 0.6 is 0 Å². The summed E-state index contributed by atoms with van der Waals surface area (Å²) in [5.41, 5.74) is 0. The molecule has 0 aromatic rings. The minimum atomic E-state index is -1.03. The fourth-order valence-corrected chi connectivity index (χ4v) is 1.59. The first-order chi connectivity index (χ1) is 13.0. The van der Waals surface area contributed by atoms with Gasteiger partial charge in [-0.3, -0.25) is 0 Å². The van der Waals surface area contributed by atoms with Crippen molar-refractivity contribution in [1.29, 1.82) is 0 Å². The first-order valence-electron chi connectivity index (χ1n) is 9.45. The number of hydrogen-bond acceptors (Lipinski definition) is 9. The van der Waals surface area contributed by atoms with Crippen LogP contribution in [0.25, 0.3) is 0 Å². The average Bonchev–Trinajstić information content (AvgIpc) is 2.64. The Morgan fingerprint density at radius 2 is 0.963 bits per heavy atom. The van der Waals surface area contributed by atoms with Gasteiger partial charge >= 0.3 is 18.5 Å². The zero-order valence-corrected chi connectivity index (χ0v) is 16.5. The summed E-state index contributed by atoms with van der Waals surface area (Å²) < 4.78 is 29.4. The highest BCUT2D eigenvalue weighted by Gasteiger charge is 2.21. The molecule has 0 aliphatic carbocycles. The summed E-state index contributed by atoms with van der Waals surface area (Å²) in [6, 6.07) is 0. The van der Waals surface area contributed by atoms with Gasteiger partial charge in [-0.05, 0) is 19.3 Å². The van der Waals surface area contributed by atoms with Crippen LogP contribution in [0.4, 0.5) is 14.4 Å². The van der Waals surface area contributed by atoms with E-state index in [1.807, 2.05) is 20.8 Å². The Morgan fingerprint density at radius 1 is 0.593 bits per heavy atom. The van der Waals surface area contributed by atoms with E-state index in [0.717, 1.165) is 19.3 Å². The lowest BCUT2D eigenvalue weighted by molar-refractivity contribution is -0.0457. The maximum atomic E-state index is 11.7. The summed E-state index contributed by atoms with van der Waals surface area (Å²) in [5.74, 6) is 0. The molecular weight excluding hydrogens is 360 g/mol. The van der Waals surface area contributed by atoms with Gasteiger partial charge < -0.3 is 28.4 Å². The minimum Gasteiger partial charge on any atom is -0.434 e. The van der Waals surface area contributed by atoms with E-state index >= 15 is 0 Å². The molecule has 27 heavy (non-hydrogen) atoms. The van der Waals surface area contributed by atoms with Gasteiger partial charge in [0, 0.05) is 0 Å². The average molecular weight is 392 g/mol. The van der Waals surface area contributed by atoms with E-state index in [1.54, 1.807) is 0 Å². The van der Waals surface area contributed by atoms with Crippen molar-refractivity contribution in [2.24, 2.45) is 0 Å². The molecule has 0 amide bonds. The van der Waals surface area contributed by atoms with Crippen LogP contribution in [0.2, 0.25) is 0 Å². The molecule has 0 unspecified atom stereocenters. The van der Waals surface area contributed by atoms with E-state index in [2.05, 4.69) is 0 Å². The van der Waals surface area contributed by atoms with Gasteiger partial charge in [0.15, 0.2) is 6.10 Å². The third-order valence-corrected chi connectivity index (χ3v) is 3.19. The van der Waals surface area contributed by atoms with Gasteiger partial charge in [-0.2, -0.15) is 0 Å². The van der Waals surface area contributed by atoms with Crippen molar-refractivity contribution in [3.8, 4) is 0 Å². The van der Waals surface area contributed by atoms with E-state index in [-0.39, 0.29) is 33.0 Å². The molecule has 0 aromatic heterocycles. The van der Waals surface area contributed by atoms with Gasteiger partial charge in [0.25, 0.3) is 0 Å². The maximum absolute atomic E-state index is 11.7. The molecule has 0 saturated heterocycles. The summed E-state index contributed by atoms with van der Waals surface area (Å²) >= 11 is 0. The molecule has 0 aromatic carbocycles. The second kappa shape index (κ2) is 17.2. The second-order valence-corrected chi connectivity index (χ2v) is 5.72. The SMILES string of the molecule is CCCCOC(=O)OCC(COC(=O)OCCCC)OC(=O)OCCCC. The number of ether oxygens (including phenoxy) is 6. The summed E-state index contributed by atoms with van der Waals surface area (Å²) in [6.45, 7) is 5.88. The van der Waals surface area contributed by atoms with Crippen LogP contribution in [0.1, 0.15) is 59.3 Å². The Balaban J connectivity index is 4.36. The molecule has 158 valence electrons. The van der Waals surface area contributed by atoms with E-state index in [9.17, 15) is 14.4 Å². The molecule has 0 N–H and O–H groups in total. The number of hydrogen-bond donors (Lipinski definition) is 0. The lowest BCUT2D eigenvalue weighted by atomic mass is 10.4. The molecule has 0 rings (SSSR count). The minimum absolute atomic E-state index is 0.210. The molecule has 0 heterocycles. The lowest BCUT2D eigenvalue weighted by Gasteiger charge is -2.17. The Labute approximate surface area is 160 Å². The van der Waals surface area contributed by atoms with Crippen molar-refractivity contribution in [3.63, 3.8) is 0 Å². The lowest BCUT2D eigenvalue weighted by Crippen LogP contribution is -2.31. The van der Waals surface area contributed by atoms with Crippen LogP contribution in [0.3, 0.4) is 0 Å². The Kier molecular flexibility index (Phi) is 15.8. The van der Waals surface area contributed by atoms with Crippen molar-refractivity contribution in [2.75, 3.05) is 33.0 Å². The molecule has 0 radical (unpaired) electrons. The first-order valence-corrected chi connectivity index (χ1v) is 9.45. The molecule has 0 saturated carbocycles. The van der Waals surface area contributed by atoms with Gasteiger partial charge in [-0.1, -0.05) is 40.0 Å². The zero-order valence-electron chi connectivity index (χ0n) is 16.5. The van der Waals surface area contributed by atoms with Gasteiger partial charge in [0.2, 0.25) is 0 Å². The molecule has 0 aliphatic rings. The van der Waals surface area contributed by atoms with E-state index in [0.29, 0.717) is 19.3 Å². The highest BCUT2D eigenvalue weighted by atomic mass is 16.8. The normalized spacial score (nSPS) is 10.2. The topological polar surface area (TPSA) is 107 Å². The quantitative estimate of drug-likeness (QED) is 0.244. The number of unbranched alkanes of at least 4 members (excludes halogenated alkanes) is 3. The summed E-state index contributed by atoms with van der Waals surface area (Å²) in [6.07, 6.45) is 0.986. The molecule has 0 atom stereocenters. The Bertz CT molecular complexity index is 386. The predicted molar refractivity (Wildman–Crippen MR) is 95.5 cm³/mol. The van der Waals surface area contributed by atoms with Crippen LogP contribution in [0, 0.1) is 0 Å². The molecule has 9 nitrogen and oxygen atoms in total. The molecule has 0 aliphatic heterocycles. The molecule has 0 spiro atoms. The standard InChI is InChI=1S/C18H32O9/c1-4-7-10-22-16(19)25-13-15(27-18(21)24-12-9-6-3)14-26-17(20)23-11-8-5-2/h15H,4-14H2,1-3H3. The van der Waals surface area contributed by atoms with Crippen LogP contribution in [0.15, 0.2) is 0 Å². The third-order valence-electron chi connectivity index (χ3n) is 3.19. The van der Waals surface area contributed by atoms with Crippen LogP contribution in [-0.4, -0.2) is 57.6 Å². The van der Waals surface area contributed by atoms with Crippen molar-refractivity contribution >= 4 is 18.5 Å². The Morgan fingerprint density at radius 3 is 1.33 bits per heavy atom. The fraction of sp³-hybridized carbons (Fsp3) is 0.833. The molecule has 0 fully saturated rings. The molecular formula is C18H32O9. The van der Waals surface area contributed by atoms with Crippen LogP contribution < -0.4 is 0 Å². The van der Waals surface area contributed by atoms with Gasteiger partial charge in [0.05, 0.1) is 19.8 Å². The van der Waals surface area contributed by atoms with Gasteiger partial charge in [-0.15, -0.1) is 0 Å². The Hall–Kier alpha value is -2.19. The first kappa shape index (κ1) is 24.8. The monoisotopic (exact) mass is 392 g/mol. The molecule has 9 heteroatoms. The summed E-state index contributed by atoms with van der Waals surface area (Å²) in [4.78, 5) is 34.6. The van der Waals surface area contributed by atoms with Crippen LogP contribution in [-0.2, 0) is 28.4 Å². The largest absolute Gasteiger partial charge is 0.508 e. The number of carbonyl (C=O) groups is 3. The summed E-state index contributed by atoms with van der Waals surface area (Å²) in [5, 5.41) is 0. The number of carbonyl (C=O) groups excluding carboxylic acids is 3. The number of rotatable bonds is 14. The van der Waals surface area contributed by atoms with Gasteiger partial charge in [0.1, 0.15) is 13.2 Å². The van der Waals surface area contributed by atoms with Crippen molar-refractivity contribution in [2.45, 2.75) is 65.4 Å². The smallest absolute Gasteiger partial charge is 0.434 e. The third kappa shape index (κ3) is 15.8. The highest BCUT2D eigenvalue weighted by molar-refractivity contribution is 5.61.